The maximum absolute atomic E-state index is 5.84. The van der Waals surface area contributed by atoms with Crippen LogP contribution in [0.25, 0.3) is 10.9 Å². The highest BCUT2D eigenvalue weighted by Gasteiger charge is 2.22. The minimum absolute atomic E-state index is 0.0302. The molecule has 4 nitrogen and oxygen atoms in total. The van der Waals surface area contributed by atoms with E-state index in [0.717, 1.165) is 20.3 Å². The maximum Gasteiger partial charge on any atom is 0.137 e. The molecule has 0 aromatic carbocycles. The molecule has 0 fully saturated rings. The van der Waals surface area contributed by atoms with Crippen LogP contribution in [0.3, 0.4) is 0 Å². The van der Waals surface area contributed by atoms with Crippen molar-refractivity contribution in [2.45, 2.75) is 26.2 Å². The highest BCUT2D eigenvalue weighted by atomic mass is 127. The molecule has 2 heterocycles. The van der Waals surface area contributed by atoms with Gasteiger partial charge in [0.25, 0.3) is 0 Å². The van der Waals surface area contributed by atoms with Crippen LogP contribution in [0.2, 0.25) is 0 Å². The van der Waals surface area contributed by atoms with Crippen LogP contribution in [0.4, 0.5) is 5.82 Å². The Morgan fingerprint density at radius 1 is 1.33 bits per heavy atom. The van der Waals surface area contributed by atoms with Gasteiger partial charge in [-0.15, -0.1) is 0 Å². The number of H-pyrrole nitrogens is 1. The molecule has 15 heavy (non-hydrogen) atoms. The van der Waals surface area contributed by atoms with Crippen LogP contribution in [-0.4, -0.2) is 15.0 Å². The summed E-state index contributed by atoms with van der Waals surface area (Å²) < 4.78 is 1.01. The van der Waals surface area contributed by atoms with Crippen LogP contribution in [-0.2, 0) is 5.41 Å². The number of anilines is 1. The number of nitrogens with zero attached hydrogens (tertiary/aromatic N) is 2. The number of hydrogen-bond donors (Lipinski definition) is 2. The molecule has 0 aliphatic rings. The summed E-state index contributed by atoms with van der Waals surface area (Å²) in [4.78, 5) is 11.6. The van der Waals surface area contributed by atoms with Crippen molar-refractivity contribution < 1.29 is 0 Å². The van der Waals surface area contributed by atoms with Crippen molar-refractivity contribution in [2.75, 3.05) is 5.73 Å². The van der Waals surface area contributed by atoms with Crippen molar-refractivity contribution in [2.24, 2.45) is 0 Å². The van der Waals surface area contributed by atoms with E-state index in [9.17, 15) is 0 Å². The molecule has 0 bridgehead atoms. The van der Waals surface area contributed by atoms with E-state index in [4.69, 9.17) is 5.73 Å². The number of nitrogens with one attached hydrogen (secondary N) is 1. The van der Waals surface area contributed by atoms with E-state index < -0.39 is 0 Å². The lowest BCUT2D eigenvalue weighted by Gasteiger charge is -2.16. The summed E-state index contributed by atoms with van der Waals surface area (Å²) in [5, 5.41) is 0.933. The average Bonchev–Trinajstić information content (AvgIpc) is 2.44. The second kappa shape index (κ2) is 3.33. The molecular formula is C10H13IN4. The van der Waals surface area contributed by atoms with Gasteiger partial charge in [-0.3, -0.25) is 0 Å². The van der Waals surface area contributed by atoms with Crippen molar-refractivity contribution in [1.29, 1.82) is 0 Å². The largest absolute Gasteiger partial charge is 0.383 e. The predicted molar refractivity (Wildman–Crippen MR) is 69.7 cm³/mol. The average molecular weight is 316 g/mol. The van der Waals surface area contributed by atoms with Crippen molar-refractivity contribution >= 4 is 39.3 Å². The molecule has 0 amide bonds. The fraction of sp³-hybridized carbons (Fsp3) is 0.400. The number of nitrogen functional groups attached to an aromatic ring is 1. The van der Waals surface area contributed by atoms with Gasteiger partial charge in [-0.05, 0) is 22.6 Å². The normalized spacial score (nSPS) is 12.3. The molecule has 0 saturated heterocycles. The van der Waals surface area contributed by atoms with Gasteiger partial charge in [0.1, 0.15) is 12.1 Å². The molecule has 0 saturated carbocycles. The molecule has 0 aliphatic carbocycles. The third kappa shape index (κ3) is 1.68. The van der Waals surface area contributed by atoms with E-state index in [1.54, 1.807) is 0 Å². The van der Waals surface area contributed by atoms with Crippen LogP contribution in [0.15, 0.2) is 6.33 Å². The first-order valence-corrected chi connectivity index (χ1v) is 5.77. The van der Waals surface area contributed by atoms with Gasteiger partial charge in [0.15, 0.2) is 0 Å². The van der Waals surface area contributed by atoms with Gasteiger partial charge < -0.3 is 10.7 Å². The van der Waals surface area contributed by atoms with Gasteiger partial charge in [0, 0.05) is 11.1 Å². The molecule has 0 spiro atoms. The zero-order chi connectivity index (χ0) is 11.2. The van der Waals surface area contributed by atoms with Crippen LogP contribution < -0.4 is 5.73 Å². The van der Waals surface area contributed by atoms with E-state index in [0.29, 0.717) is 5.82 Å². The van der Waals surface area contributed by atoms with E-state index >= 15 is 0 Å². The predicted octanol–water partition coefficient (Wildman–Crippen LogP) is 2.44. The molecule has 0 unspecified atom stereocenters. The lowest BCUT2D eigenvalue weighted by Crippen LogP contribution is -2.12. The lowest BCUT2D eigenvalue weighted by atomic mass is 9.91. The first kappa shape index (κ1) is 10.7. The Morgan fingerprint density at radius 2 is 2.00 bits per heavy atom. The first-order valence-electron chi connectivity index (χ1n) is 4.69. The molecule has 0 atom stereocenters. The summed E-state index contributed by atoms with van der Waals surface area (Å²) in [6, 6.07) is 0. The fourth-order valence-corrected chi connectivity index (χ4v) is 2.38. The van der Waals surface area contributed by atoms with Crippen LogP contribution in [0, 0.1) is 3.70 Å². The standard InChI is InChI=1S/C10H13IN4/c1-10(2,3)7-6-5(8(11)15-7)9(12)14-4-13-6/h4,15H,1-3H3,(H2,12,13,14). The molecule has 80 valence electrons. The van der Waals surface area contributed by atoms with Gasteiger partial charge in [-0.25, -0.2) is 9.97 Å². The monoisotopic (exact) mass is 316 g/mol. The highest BCUT2D eigenvalue weighted by molar-refractivity contribution is 14.1. The van der Waals surface area contributed by atoms with Gasteiger partial charge >= 0.3 is 0 Å². The maximum atomic E-state index is 5.84. The summed E-state index contributed by atoms with van der Waals surface area (Å²) in [5.41, 5.74) is 7.91. The zero-order valence-corrected chi connectivity index (χ0v) is 11.1. The summed E-state index contributed by atoms with van der Waals surface area (Å²) in [7, 11) is 0. The summed E-state index contributed by atoms with van der Waals surface area (Å²) in [6.07, 6.45) is 1.51. The van der Waals surface area contributed by atoms with E-state index in [1.165, 1.54) is 6.33 Å². The van der Waals surface area contributed by atoms with Crippen molar-refractivity contribution in [3.05, 3.63) is 15.7 Å². The SMILES string of the molecule is CC(C)(C)c1[nH]c(I)c2c(N)ncnc12. The quantitative estimate of drug-likeness (QED) is 0.734. The number of rotatable bonds is 0. The minimum atomic E-state index is 0.0302. The van der Waals surface area contributed by atoms with Crippen molar-refractivity contribution in [1.82, 2.24) is 15.0 Å². The number of fused-ring (bicyclic) bond motifs is 1. The molecule has 2 aromatic rings. The molecule has 0 radical (unpaired) electrons. The van der Waals surface area contributed by atoms with E-state index in [2.05, 4.69) is 58.3 Å². The van der Waals surface area contributed by atoms with Gasteiger partial charge in [-0.2, -0.15) is 0 Å². The Bertz CT molecular complexity index is 510. The van der Waals surface area contributed by atoms with Crippen LogP contribution in [0.1, 0.15) is 26.5 Å². The smallest absolute Gasteiger partial charge is 0.137 e. The molecular weight excluding hydrogens is 303 g/mol. The fourth-order valence-electron chi connectivity index (χ4n) is 1.58. The first-order chi connectivity index (χ1) is 6.91. The van der Waals surface area contributed by atoms with E-state index in [1.807, 2.05) is 0 Å². The number of nitrogens with two attached hydrogens (primary N) is 1. The molecule has 3 N–H and O–H groups in total. The second-order valence-corrected chi connectivity index (χ2v) is 5.63. The Kier molecular flexibility index (Phi) is 2.37. The third-order valence-electron chi connectivity index (χ3n) is 2.32. The summed E-state index contributed by atoms with van der Waals surface area (Å²) >= 11 is 2.23. The van der Waals surface area contributed by atoms with Crippen LogP contribution in [0.5, 0.6) is 0 Å². The lowest BCUT2D eigenvalue weighted by molar-refractivity contribution is 0.575. The van der Waals surface area contributed by atoms with Gasteiger partial charge in [-0.1, -0.05) is 20.8 Å². The highest BCUT2D eigenvalue weighted by Crippen LogP contribution is 2.32. The zero-order valence-electron chi connectivity index (χ0n) is 8.93. The molecule has 2 aromatic heterocycles. The van der Waals surface area contributed by atoms with Crippen molar-refractivity contribution in [3.8, 4) is 0 Å². The number of aromatic nitrogens is 3. The second-order valence-electron chi connectivity index (χ2n) is 4.55. The number of aromatic amines is 1. The molecule has 0 aliphatic heterocycles. The van der Waals surface area contributed by atoms with Gasteiger partial charge in [0.2, 0.25) is 0 Å². The van der Waals surface area contributed by atoms with Crippen LogP contribution >= 0.6 is 22.6 Å². The summed E-state index contributed by atoms with van der Waals surface area (Å²) in [6.45, 7) is 6.44. The Hall–Kier alpha value is -0.850. The van der Waals surface area contributed by atoms with Crippen molar-refractivity contribution in [3.63, 3.8) is 0 Å². The molecule has 5 heteroatoms. The number of hydrogen-bond acceptors (Lipinski definition) is 3. The Labute approximate surface area is 102 Å². The van der Waals surface area contributed by atoms with E-state index in [-0.39, 0.29) is 5.41 Å². The number of halogens is 1. The summed E-state index contributed by atoms with van der Waals surface area (Å²) in [5.74, 6) is 0.538. The van der Waals surface area contributed by atoms with Gasteiger partial charge in [0.05, 0.1) is 14.6 Å². The third-order valence-corrected chi connectivity index (χ3v) is 3.13. The topological polar surface area (TPSA) is 67.6 Å². The minimum Gasteiger partial charge on any atom is -0.383 e. The Balaban J connectivity index is 2.85. The Morgan fingerprint density at radius 3 is 2.60 bits per heavy atom. The molecule has 2 rings (SSSR count).